The smallest absolute Gasteiger partial charge is 0.267 e. The summed E-state index contributed by atoms with van der Waals surface area (Å²) < 4.78 is 25.7. The summed E-state index contributed by atoms with van der Waals surface area (Å²) in [5.41, 5.74) is 2.55. The third-order valence-corrected chi connectivity index (χ3v) is 5.30. The molecule has 0 aliphatic carbocycles. The molecule has 2 atom stereocenters. The molecule has 0 radical (unpaired) electrons. The molecule has 158 valence electrons. The number of carbonyl (C=O) groups is 1. The summed E-state index contributed by atoms with van der Waals surface area (Å²) in [6.07, 6.45) is 0.117. The van der Waals surface area contributed by atoms with Crippen LogP contribution in [0.1, 0.15) is 29.9 Å². The zero-order valence-electron chi connectivity index (χ0n) is 17.4. The molecule has 1 saturated heterocycles. The minimum absolute atomic E-state index is 0.0587. The highest BCUT2D eigenvalue weighted by molar-refractivity contribution is 5.98. The maximum absolute atomic E-state index is 14.7. The van der Waals surface area contributed by atoms with Gasteiger partial charge in [0.2, 0.25) is 0 Å². The summed E-state index contributed by atoms with van der Waals surface area (Å²) in [6.45, 7) is 5.53. The fraction of sp³-hybridized carbons (Fsp3) is 0.348. The van der Waals surface area contributed by atoms with Crippen LogP contribution < -0.4 is 15.0 Å². The SMILES string of the molecule is COc1ccc2cc(C(=O)NCc3ccc(N4CC(C)OC(C)C4)c(F)c3)[nH]c2c1. The van der Waals surface area contributed by atoms with Gasteiger partial charge >= 0.3 is 0 Å². The Hall–Kier alpha value is -3.06. The van der Waals surface area contributed by atoms with E-state index in [0.29, 0.717) is 30.0 Å². The van der Waals surface area contributed by atoms with Gasteiger partial charge in [0.1, 0.15) is 17.3 Å². The van der Waals surface area contributed by atoms with Gasteiger partial charge in [0.25, 0.3) is 5.91 Å². The molecule has 0 saturated carbocycles. The number of aromatic nitrogens is 1. The van der Waals surface area contributed by atoms with Gasteiger partial charge < -0.3 is 24.7 Å². The van der Waals surface area contributed by atoms with E-state index in [-0.39, 0.29) is 30.5 Å². The highest BCUT2D eigenvalue weighted by Gasteiger charge is 2.24. The number of benzene rings is 2. The minimum atomic E-state index is -0.291. The first kappa shape index (κ1) is 20.2. The number of halogens is 1. The van der Waals surface area contributed by atoms with Crippen molar-refractivity contribution in [2.24, 2.45) is 0 Å². The molecule has 4 rings (SSSR count). The van der Waals surface area contributed by atoms with Crippen molar-refractivity contribution in [3.63, 3.8) is 0 Å². The minimum Gasteiger partial charge on any atom is -0.497 e. The Labute approximate surface area is 175 Å². The topological polar surface area (TPSA) is 66.6 Å². The van der Waals surface area contributed by atoms with Crippen molar-refractivity contribution >= 4 is 22.5 Å². The van der Waals surface area contributed by atoms with Crippen molar-refractivity contribution in [1.29, 1.82) is 0 Å². The fourth-order valence-corrected chi connectivity index (χ4v) is 3.92. The molecule has 3 aromatic rings. The second kappa shape index (κ2) is 8.36. The molecular weight excluding hydrogens is 385 g/mol. The molecule has 1 amide bonds. The van der Waals surface area contributed by atoms with Crippen molar-refractivity contribution in [1.82, 2.24) is 10.3 Å². The van der Waals surface area contributed by atoms with E-state index >= 15 is 0 Å². The Kier molecular flexibility index (Phi) is 5.63. The number of hydrogen-bond donors (Lipinski definition) is 2. The van der Waals surface area contributed by atoms with Crippen LogP contribution in [0.15, 0.2) is 42.5 Å². The number of nitrogens with one attached hydrogen (secondary N) is 2. The number of anilines is 1. The van der Waals surface area contributed by atoms with Crippen LogP contribution in [0.3, 0.4) is 0 Å². The lowest BCUT2D eigenvalue weighted by molar-refractivity contribution is -0.00539. The van der Waals surface area contributed by atoms with E-state index in [1.165, 1.54) is 6.07 Å². The van der Waals surface area contributed by atoms with Gasteiger partial charge in [0.15, 0.2) is 0 Å². The van der Waals surface area contributed by atoms with Crippen molar-refractivity contribution in [3.05, 3.63) is 59.5 Å². The molecule has 0 spiro atoms. The maximum Gasteiger partial charge on any atom is 0.267 e. The van der Waals surface area contributed by atoms with Crippen LogP contribution >= 0.6 is 0 Å². The van der Waals surface area contributed by atoms with Crippen LogP contribution in [0.4, 0.5) is 10.1 Å². The Morgan fingerprint density at radius 2 is 1.97 bits per heavy atom. The Morgan fingerprint density at radius 1 is 1.20 bits per heavy atom. The molecular formula is C23H26FN3O3. The largest absolute Gasteiger partial charge is 0.497 e. The number of fused-ring (bicyclic) bond motifs is 1. The van der Waals surface area contributed by atoms with Crippen LogP contribution in [-0.2, 0) is 11.3 Å². The monoisotopic (exact) mass is 411 g/mol. The number of ether oxygens (including phenoxy) is 2. The summed E-state index contributed by atoms with van der Waals surface area (Å²) >= 11 is 0. The molecule has 1 fully saturated rings. The van der Waals surface area contributed by atoms with Gasteiger partial charge in [-0.2, -0.15) is 0 Å². The van der Waals surface area contributed by atoms with Crippen LogP contribution in [0.2, 0.25) is 0 Å². The molecule has 30 heavy (non-hydrogen) atoms. The quantitative estimate of drug-likeness (QED) is 0.669. The van der Waals surface area contributed by atoms with Crippen molar-refractivity contribution < 1.29 is 18.7 Å². The van der Waals surface area contributed by atoms with Crippen LogP contribution in [0, 0.1) is 5.82 Å². The van der Waals surface area contributed by atoms with Gasteiger partial charge in [-0.1, -0.05) is 6.07 Å². The number of nitrogens with zero attached hydrogens (tertiary/aromatic N) is 1. The Balaban J connectivity index is 1.42. The Morgan fingerprint density at radius 3 is 2.67 bits per heavy atom. The van der Waals surface area contributed by atoms with Gasteiger partial charge in [-0.3, -0.25) is 4.79 Å². The average Bonchev–Trinajstić information content (AvgIpc) is 3.14. The van der Waals surface area contributed by atoms with Crippen molar-refractivity contribution in [3.8, 4) is 5.75 Å². The number of amides is 1. The van der Waals surface area contributed by atoms with Crippen molar-refractivity contribution in [2.75, 3.05) is 25.1 Å². The zero-order valence-corrected chi connectivity index (χ0v) is 17.4. The number of H-pyrrole nitrogens is 1. The fourth-order valence-electron chi connectivity index (χ4n) is 3.92. The average molecular weight is 411 g/mol. The molecule has 2 aromatic carbocycles. The van der Waals surface area contributed by atoms with Crippen LogP contribution in [0.5, 0.6) is 5.75 Å². The number of aromatic amines is 1. The second-order valence-corrected chi connectivity index (χ2v) is 7.77. The molecule has 1 aliphatic heterocycles. The summed E-state index contributed by atoms with van der Waals surface area (Å²) in [5, 5.41) is 3.77. The molecule has 2 unspecified atom stereocenters. The van der Waals surface area contributed by atoms with E-state index in [0.717, 1.165) is 16.7 Å². The third-order valence-electron chi connectivity index (χ3n) is 5.30. The lowest BCUT2D eigenvalue weighted by Gasteiger charge is -2.37. The lowest BCUT2D eigenvalue weighted by atomic mass is 10.1. The normalized spacial score (nSPS) is 19.1. The van der Waals surface area contributed by atoms with Gasteiger partial charge in [0.05, 0.1) is 25.0 Å². The van der Waals surface area contributed by atoms with E-state index in [4.69, 9.17) is 9.47 Å². The predicted molar refractivity (Wildman–Crippen MR) is 115 cm³/mol. The van der Waals surface area contributed by atoms with Crippen molar-refractivity contribution in [2.45, 2.75) is 32.6 Å². The first-order valence-corrected chi connectivity index (χ1v) is 10.1. The molecule has 2 N–H and O–H groups in total. The van der Waals surface area contributed by atoms with Gasteiger partial charge in [-0.15, -0.1) is 0 Å². The molecule has 1 aromatic heterocycles. The maximum atomic E-state index is 14.7. The van der Waals surface area contributed by atoms with Gasteiger partial charge in [-0.05, 0) is 49.7 Å². The third kappa shape index (κ3) is 4.26. The van der Waals surface area contributed by atoms with Gasteiger partial charge in [0, 0.05) is 36.6 Å². The van der Waals surface area contributed by atoms with E-state index in [9.17, 15) is 9.18 Å². The zero-order chi connectivity index (χ0) is 21.3. The number of methoxy groups -OCH3 is 1. The molecule has 2 heterocycles. The molecule has 0 bridgehead atoms. The summed E-state index contributed by atoms with van der Waals surface area (Å²) in [6, 6.07) is 12.5. The van der Waals surface area contributed by atoms with E-state index in [1.807, 2.05) is 43.0 Å². The predicted octanol–water partition coefficient (Wildman–Crippen LogP) is 3.86. The summed E-state index contributed by atoms with van der Waals surface area (Å²) in [7, 11) is 1.60. The van der Waals surface area contributed by atoms with Crippen LogP contribution in [-0.4, -0.2) is 43.3 Å². The summed E-state index contributed by atoms with van der Waals surface area (Å²) in [5.74, 6) is 0.183. The number of rotatable bonds is 5. The second-order valence-electron chi connectivity index (χ2n) is 7.77. The van der Waals surface area contributed by atoms with Gasteiger partial charge in [-0.25, -0.2) is 4.39 Å². The number of carbonyl (C=O) groups excluding carboxylic acids is 1. The number of hydrogen-bond acceptors (Lipinski definition) is 4. The number of morpholine rings is 1. The molecule has 7 heteroatoms. The highest BCUT2D eigenvalue weighted by Crippen LogP contribution is 2.25. The van der Waals surface area contributed by atoms with E-state index < -0.39 is 0 Å². The van der Waals surface area contributed by atoms with Crippen LogP contribution in [0.25, 0.3) is 10.9 Å². The molecule has 1 aliphatic rings. The standard InChI is InChI=1S/C23H26FN3O3/c1-14-12-27(13-15(2)30-14)22-7-4-16(8-19(22)24)11-25-23(28)21-9-17-5-6-18(29-3)10-20(17)26-21/h4-10,14-15,26H,11-13H2,1-3H3,(H,25,28). The summed E-state index contributed by atoms with van der Waals surface area (Å²) in [4.78, 5) is 17.6. The Bertz CT molecular complexity index is 1060. The lowest BCUT2D eigenvalue weighted by Crippen LogP contribution is -2.45. The van der Waals surface area contributed by atoms with E-state index in [1.54, 1.807) is 19.2 Å². The first-order chi connectivity index (χ1) is 14.4. The molecule has 6 nitrogen and oxygen atoms in total. The first-order valence-electron chi connectivity index (χ1n) is 10.1. The highest BCUT2D eigenvalue weighted by atomic mass is 19.1. The van der Waals surface area contributed by atoms with E-state index in [2.05, 4.69) is 10.3 Å².